The number of anilines is 1. The normalized spacial score (nSPS) is 13.4. The van der Waals surface area contributed by atoms with Crippen molar-refractivity contribution in [1.29, 1.82) is 0 Å². The van der Waals surface area contributed by atoms with Crippen molar-refractivity contribution in [1.82, 2.24) is 9.62 Å². The third-order valence-corrected chi connectivity index (χ3v) is 4.90. The Balaban J connectivity index is 3.03. The predicted molar refractivity (Wildman–Crippen MR) is 84.0 cm³/mol. The van der Waals surface area contributed by atoms with Crippen molar-refractivity contribution in [3.05, 3.63) is 29.8 Å². The van der Waals surface area contributed by atoms with Crippen molar-refractivity contribution in [3.8, 4) is 0 Å². The van der Waals surface area contributed by atoms with Gasteiger partial charge < -0.3 is 5.32 Å². The molecular formula is C14H25N3O2S. The summed E-state index contributed by atoms with van der Waals surface area (Å²) in [5.41, 5.74) is 1.58. The van der Waals surface area contributed by atoms with Crippen LogP contribution in [-0.2, 0) is 10.2 Å². The minimum absolute atomic E-state index is 0.0932. The van der Waals surface area contributed by atoms with Crippen LogP contribution in [0.3, 0.4) is 0 Å². The van der Waals surface area contributed by atoms with Crippen molar-refractivity contribution >= 4 is 15.9 Å². The Morgan fingerprint density at radius 1 is 1.15 bits per heavy atom. The average Bonchev–Trinajstić information content (AvgIpc) is 2.40. The molecule has 1 aromatic carbocycles. The second-order valence-corrected chi connectivity index (χ2v) is 6.23. The number of benzene rings is 1. The molecule has 0 bridgehead atoms. The molecule has 0 aliphatic carbocycles. The Bertz CT molecular complexity index is 513. The molecule has 0 saturated carbocycles. The molecule has 0 fully saturated rings. The van der Waals surface area contributed by atoms with Crippen LogP contribution >= 0.6 is 0 Å². The molecule has 0 spiro atoms. The lowest BCUT2D eigenvalue weighted by Crippen LogP contribution is -2.36. The van der Waals surface area contributed by atoms with Gasteiger partial charge in [-0.15, -0.1) is 0 Å². The largest absolute Gasteiger partial charge is 0.310 e. The Labute approximate surface area is 122 Å². The fraction of sp³-hybridized carbons (Fsp3) is 0.571. The zero-order valence-electron chi connectivity index (χ0n) is 12.7. The van der Waals surface area contributed by atoms with E-state index in [0.29, 0.717) is 18.8 Å². The van der Waals surface area contributed by atoms with Crippen LogP contribution in [0.1, 0.15) is 39.3 Å². The number of rotatable bonds is 8. The molecule has 5 nitrogen and oxygen atoms in total. The zero-order chi connectivity index (χ0) is 15.2. The molecule has 2 N–H and O–H groups in total. The highest BCUT2D eigenvalue weighted by Crippen LogP contribution is 2.24. The average molecular weight is 299 g/mol. The van der Waals surface area contributed by atoms with Gasteiger partial charge in [0.2, 0.25) is 0 Å². The summed E-state index contributed by atoms with van der Waals surface area (Å²) in [6, 6.07) is 7.58. The molecule has 0 saturated heterocycles. The van der Waals surface area contributed by atoms with Crippen molar-refractivity contribution in [2.45, 2.75) is 33.7 Å². The highest BCUT2D eigenvalue weighted by molar-refractivity contribution is 7.90. The summed E-state index contributed by atoms with van der Waals surface area (Å²) in [6.07, 6.45) is 0. The summed E-state index contributed by atoms with van der Waals surface area (Å²) >= 11 is 0. The monoisotopic (exact) mass is 299 g/mol. The molecule has 0 aliphatic heterocycles. The van der Waals surface area contributed by atoms with Gasteiger partial charge in [0.05, 0.1) is 5.69 Å². The van der Waals surface area contributed by atoms with Crippen LogP contribution in [0.2, 0.25) is 0 Å². The first-order valence-electron chi connectivity index (χ1n) is 7.06. The van der Waals surface area contributed by atoms with Gasteiger partial charge in [-0.1, -0.05) is 39.0 Å². The van der Waals surface area contributed by atoms with Crippen molar-refractivity contribution in [3.63, 3.8) is 0 Å². The van der Waals surface area contributed by atoms with Gasteiger partial charge in [-0.2, -0.15) is 12.7 Å². The van der Waals surface area contributed by atoms with E-state index in [9.17, 15) is 8.42 Å². The van der Waals surface area contributed by atoms with Crippen molar-refractivity contribution in [2.24, 2.45) is 0 Å². The third kappa shape index (κ3) is 4.19. The van der Waals surface area contributed by atoms with Crippen molar-refractivity contribution in [2.75, 3.05) is 24.4 Å². The Hall–Kier alpha value is -1.11. The molecule has 1 atom stereocenters. The topological polar surface area (TPSA) is 61.4 Å². The molecule has 6 heteroatoms. The quantitative estimate of drug-likeness (QED) is 0.774. The van der Waals surface area contributed by atoms with Crippen LogP contribution < -0.4 is 10.0 Å². The second kappa shape index (κ2) is 7.61. The van der Waals surface area contributed by atoms with Crippen LogP contribution in [-0.4, -0.2) is 32.4 Å². The van der Waals surface area contributed by atoms with E-state index in [1.165, 1.54) is 4.31 Å². The van der Waals surface area contributed by atoms with Crippen molar-refractivity contribution < 1.29 is 8.42 Å². The lowest BCUT2D eigenvalue weighted by Gasteiger charge is -2.22. The molecule has 1 unspecified atom stereocenters. The molecule has 0 heterocycles. The maximum absolute atomic E-state index is 12.3. The lowest BCUT2D eigenvalue weighted by atomic mass is 10.1. The van der Waals surface area contributed by atoms with Crippen LogP contribution in [0.5, 0.6) is 0 Å². The summed E-state index contributed by atoms with van der Waals surface area (Å²) < 4.78 is 28.7. The van der Waals surface area contributed by atoms with Gasteiger partial charge in [-0.25, -0.2) is 0 Å². The van der Waals surface area contributed by atoms with Crippen LogP contribution in [0.15, 0.2) is 24.3 Å². The van der Waals surface area contributed by atoms with Gasteiger partial charge in [-0.05, 0) is 25.1 Å². The Morgan fingerprint density at radius 2 is 1.75 bits per heavy atom. The lowest BCUT2D eigenvalue weighted by molar-refractivity contribution is 0.449. The number of hydrogen-bond acceptors (Lipinski definition) is 3. The maximum Gasteiger partial charge on any atom is 0.301 e. The summed E-state index contributed by atoms with van der Waals surface area (Å²) in [5.74, 6) is 0. The first-order valence-corrected chi connectivity index (χ1v) is 8.50. The third-order valence-electron chi connectivity index (χ3n) is 3.22. The highest BCUT2D eigenvalue weighted by atomic mass is 32.2. The van der Waals surface area contributed by atoms with E-state index >= 15 is 0 Å². The smallest absolute Gasteiger partial charge is 0.301 e. The molecule has 0 radical (unpaired) electrons. The number of hydrogen-bond donors (Lipinski definition) is 2. The standard InChI is InChI=1S/C14H25N3O2S/c1-5-15-12(4)13-10-8-9-11-14(13)16-20(18,19)17(6-2)7-3/h8-12,15-16H,5-7H2,1-4H3. The van der Waals surface area contributed by atoms with Gasteiger partial charge in [0.1, 0.15) is 0 Å². The molecule has 0 amide bonds. The zero-order valence-corrected chi connectivity index (χ0v) is 13.5. The fourth-order valence-corrected chi connectivity index (χ4v) is 3.42. The molecule has 20 heavy (non-hydrogen) atoms. The van der Waals surface area contributed by atoms with E-state index in [2.05, 4.69) is 10.0 Å². The molecule has 1 aromatic rings. The van der Waals surface area contributed by atoms with Gasteiger partial charge in [-0.3, -0.25) is 4.72 Å². The Kier molecular flexibility index (Phi) is 6.45. The number of nitrogens with zero attached hydrogens (tertiary/aromatic N) is 1. The van der Waals surface area contributed by atoms with Gasteiger partial charge in [0.15, 0.2) is 0 Å². The SMILES string of the molecule is CCNC(C)c1ccccc1NS(=O)(=O)N(CC)CC. The number of nitrogens with one attached hydrogen (secondary N) is 2. The van der Waals surface area contributed by atoms with Gasteiger partial charge >= 0.3 is 10.2 Å². The van der Waals surface area contributed by atoms with E-state index in [1.54, 1.807) is 6.07 Å². The second-order valence-electron chi connectivity index (χ2n) is 4.56. The number of para-hydroxylation sites is 1. The molecule has 1 rings (SSSR count). The van der Waals surface area contributed by atoms with E-state index in [-0.39, 0.29) is 6.04 Å². The molecule has 0 aromatic heterocycles. The summed E-state index contributed by atoms with van der Waals surface area (Å²) in [7, 11) is -3.49. The van der Waals surface area contributed by atoms with E-state index < -0.39 is 10.2 Å². The van der Waals surface area contributed by atoms with Gasteiger partial charge in [0.25, 0.3) is 0 Å². The summed E-state index contributed by atoms with van der Waals surface area (Å²) in [5, 5.41) is 3.30. The van der Waals surface area contributed by atoms with Crippen LogP contribution in [0.4, 0.5) is 5.69 Å². The minimum Gasteiger partial charge on any atom is -0.310 e. The van der Waals surface area contributed by atoms with E-state index in [0.717, 1.165) is 12.1 Å². The minimum atomic E-state index is -3.49. The predicted octanol–water partition coefficient (Wildman–Crippen LogP) is 2.36. The van der Waals surface area contributed by atoms with E-state index in [4.69, 9.17) is 0 Å². The first-order chi connectivity index (χ1) is 9.46. The molecule has 0 aliphatic rings. The molecule has 114 valence electrons. The summed E-state index contributed by atoms with van der Waals surface area (Å²) in [4.78, 5) is 0. The van der Waals surface area contributed by atoms with Crippen LogP contribution in [0, 0.1) is 0 Å². The van der Waals surface area contributed by atoms with Crippen LogP contribution in [0.25, 0.3) is 0 Å². The summed E-state index contributed by atoms with van der Waals surface area (Å²) in [6.45, 7) is 9.45. The maximum atomic E-state index is 12.3. The first kappa shape index (κ1) is 16.9. The van der Waals surface area contributed by atoms with Gasteiger partial charge in [0, 0.05) is 19.1 Å². The molecular weight excluding hydrogens is 274 g/mol. The Morgan fingerprint density at radius 3 is 2.30 bits per heavy atom. The van der Waals surface area contributed by atoms with E-state index in [1.807, 2.05) is 45.9 Å². The fourth-order valence-electron chi connectivity index (χ4n) is 2.15. The highest BCUT2D eigenvalue weighted by Gasteiger charge is 2.20.